The van der Waals surface area contributed by atoms with E-state index >= 15 is 0 Å². The van der Waals surface area contributed by atoms with Gasteiger partial charge in [-0.3, -0.25) is 0 Å². The zero-order chi connectivity index (χ0) is 20.9. The Bertz CT molecular complexity index is 993. The molecule has 1 aliphatic heterocycles. The Morgan fingerprint density at radius 2 is 1.90 bits per heavy atom. The molecular weight excluding hydrogens is 387 g/mol. The molecule has 0 spiro atoms. The van der Waals surface area contributed by atoms with Gasteiger partial charge in [-0.25, -0.2) is 19.3 Å². The van der Waals surface area contributed by atoms with Crippen molar-refractivity contribution in [2.75, 3.05) is 30.8 Å². The van der Waals surface area contributed by atoms with Crippen LogP contribution in [0.15, 0.2) is 42.9 Å². The van der Waals surface area contributed by atoms with E-state index in [0.29, 0.717) is 0 Å². The first-order valence-corrected chi connectivity index (χ1v) is 9.74. The second kappa shape index (κ2) is 8.89. The van der Waals surface area contributed by atoms with Crippen LogP contribution in [0.2, 0.25) is 0 Å². The quantitative estimate of drug-likeness (QED) is 0.662. The number of hydrogen-bond donors (Lipinski definition) is 1. The summed E-state index contributed by atoms with van der Waals surface area (Å²) >= 11 is 0. The van der Waals surface area contributed by atoms with Gasteiger partial charge in [0.1, 0.15) is 24.0 Å². The number of nitrogens with two attached hydrogens (primary N) is 1. The summed E-state index contributed by atoms with van der Waals surface area (Å²) in [7, 11) is 1.65. The first kappa shape index (κ1) is 19.8. The standard InChI is InChI=1S/C21H23FN6O2/c1-29-16-4-2-14(3-5-16)10-15-11-19(26-13-25-15)28-8-6-17(7-9-28)30-21-24-12-18(22)20(23)27-21/h2-5,11-13,17H,6-10H2,1H3,(H2,23,24,27). The number of piperidine rings is 1. The van der Waals surface area contributed by atoms with Crippen LogP contribution in [0.5, 0.6) is 11.8 Å². The maximum absolute atomic E-state index is 13.2. The van der Waals surface area contributed by atoms with Gasteiger partial charge in [0.2, 0.25) is 0 Å². The van der Waals surface area contributed by atoms with Gasteiger partial charge in [-0.1, -0.05) is 12.1 Å². The predicted molar refractivity (Wildman–Crippen MR) is 110 cm³/mol. The summed E-state index contributed by atoms with van der Waals surface area (Å²) in [5, 5.41) is 0. The molecule has 1 fully saturated rings. The van der Waals surface area contributed by atoms with E-state index in [4.69, 9.17) is 15.2 Å². The molecule has 0 radical (unpaired) electrons. The van der Waals surface area contributed by atoms with Crippen LogP contribution in [0.3, 0.4) is 0 Å². The number of ether oxygens (including phenoxy) is 2. The lowest BCUT2D eigenvalue weighted by atomic mass is 10.1. The second-order valence-corrected chi connectivity index (χ2v) is 7.08. The average molecular weight is 410 g/mol. The highest BCUT2D eigenvalue weighted by atomic mass is 19.1. The summed E-state index contributed by atoms with van der Waals surface area (Å²) in [6.07, 6.45) is 4.86. The van der Waals surface area contributed by atoms with Gasteiger partial charge < -0.3 is 20.1 Å². The van der Waals surface area contributed by atoms with Crippen molar-refractivity contribution >= 4 is 11.6 Å². The topological polar surface area (TPSA) is 99.3 Å². The highest BCUT2D eigenvalue weighted by molar-refractivity contribution is 5.41. The molecule has 1 saturated heterocycles. The summed E-state index contributed by atoms with van der Waals surface area (Å²) in [4.78, 5) is 18.7. The first-order valence-electron chi connectivity index (χ1n) is 9.74. The molecule has 2 aromatic heterocycles. The molecule has 3 heterocycles. The number of halogens is 1. The summed E-state index contributed by atoms with van der Waals surface area (Å²) in [5.74, 6) is 0.879. The third kappa shape index (κ3) is 4.73. The highest BCUT2D eigenvalue weighted by Gasteiger charge is 2.23. The SMILES string of the molecule is COc1ccc(Cc2cc(N3CCC(Oc4ncc(F)c(N)n4)CC3)ncn2)cc1. The van der Waals surface area contributed by atoms with Crippen molar-refractivity contribution < 1.29 is 13.9 Å². The van der Waals surface area contributed by atoms with Gasteiger partial charge >= 0.3 is 6.01 Å². The Labute approximate surface area is 173 Å². The fourth-order valence-electron chi connectivity index (χ4n) is 3.38. The Morgan fingerprint density at radius 3 is 2.60 bits per heavy atom. The molecule has 0 atom stereocenters. The molecule has 0 unspecified atom stereocenters. The van der Waals surface area contributed by atoms with Gasteiger partial charge in [0.15, 0.2) is 11.6 Å². The lowest BCUT2D eigenvalue weighted by Gasteiger charge is -2.32. The molecular formula is C21H23FN6O2. The predicted octanol–water partition coefficient (Wildman–Crippen LogP) is 2.64. The monoisotopic (exact) mass is 410 g/mol. The zero-order valence-corrected chi connectivity index (χ0v) is 16.7. The van der Waals surface area contributed by atoms with Crippen LogP contribution in [-0.4, -0.2) is 46.2 Å². The second-order valence-electron chi connectivity index (χ2n) is 7.08. The molecule has 0 saturated carbocycles. The lowest BCUT2D eigenvalue weighted by molar-refractivity contribution is 0.156. The van der Waals surface area contributed by atoms with Crippen molar-refractivity contribution in [1.29, 1.82) is 0 Å². The molecule has 156 valence electrons. The maximum Gasteiger partial charge on any atom is 0.318 e. The van der Waals surface area contributed by atoms with Crippen LogP contribution < -0.4 is 20.1 Å². The summed E-state index contributed by atoms with van der Waals surface area (Å²) < 4.78 is 24.2. The van der Waals surface area contributed by atoms with Crippen molar-refractivity contribution in [2.45, 2.75) is 25.4 Å². The van der Waals surface area contributed by atoms with Crippen LogP contribution >= 0.6 is 0 Å². The van der Waals surface area contributed by atoms with Gasteiger partial charge in [0, 0.05) is 38.4 Å². The fourth-order valence-corrected chi connectivity index (χ4v) is 3.38. The van der Waals surface area contributed by atoms with Crippen LogP contribution in [-0.2, 0) is 6.42 Å². The summed E-state index contributed by atoms with van der Waals surface area (Å²) in [5.41, 5.74) is 7.59. The van der Waals surface area contributed by atoms with Crippen LogP contribution in [0.4, 0.5) is 16.0 Å². The Hall–Kier alpha value is -3.49. The zero-order valence-electron chi connectivity index (χ0n) is 16.7. The van der Waals surface area contributed by atoms with E-state index in [-0.39, 0.29) is 17.9 Å². The van der Waals surface area contributed by atoms with Crippen molar-refractivity contribution in [3.63, 3.8) is 0 Å². The van der Waals surface area contributed by atoms with E-state index in [2.05, 4.69) is 24.8 Å². The molecule has 3 aromatic rings. The van der Waals surface area contributed by atoms with Crippen molar-refractivity contribution in [1.82, 2.24) is 19.9 Å². The molecule has 1 aromatic carbocycles. The summed E-state index contributed by atoms with van der Waals surface area (Å²) in [6.45, 7) is 1.56. The third-order valence-corrected chi connectivity index (χ3v) is 5.04. The van der Waals surface area contributed by atoms with E-state index in [0.717, 1.165) is 61.4 Å². The average Bonchev–Trinajstić information content (AvgIpc) is 2.78. The maximum atomic E-state index is 13.2. The van der Waals surface area contributed by atoms with Gasteiger partial charge in [-0.05, 0) is 17.7 Å². The molecule has 4 rings (SSSR count). The normalized spacial score (nSPS) is 14.5. The number of methoxy groups -OCH3 is 1. The van der Waals surface area contributed by atoms with Crippen molar-refractivity contribution in [2.24, 2.45) is 0 Å². The molecule has 30 heavy (non-hydrogen) atoms. The number of hydrogen-bond acceptors (Lipinski definition) is 8. The van der Waals surface area contributed by atoms with E-state index in [1.54, 1.807) is 13.4 Å². The number of rotatable bonds is 6. The van der Waals surface area contributed by atoms with E-state index < -0.39 is 5.82 Å². The van der Waals surface area contributed by atoms with E-state index in [1.165, 1.54) is 0 Å². The highest BCUT2D eigenvalue weighted by Crippen LogP contribution is 2.22. The molecule has 9 heteroatoms. The summed E-state index contributed by atoms with van der Waals surface area (Å²) in [6, 6.07) is 10.1. The largest absolute Gasteiger partial charge is 0.497 e. The Balaban J connectivity index is 1.35. The fraction of sp³-hybridized carbons (Fsp3) is 0.333. The molecule has 1 aliphatic rings. The molecule has 8 nitrogen and oxygen atoms in total. The van der Waals surface area contributed by atoms with Gasteiger partial charge in [0.05, 0.1) is 19.0 Å². The minimum atomic E-state index is -0.647. The minimum Gasteiger partial charge on any atom is -0.497 e. The number of aromatic nitrogens is 4. The van der Waals surface area contributed by atoms with Gasteiger partial charge in [-0.2, -0.15) is 4.98 Å². The molecule has 0 bridgehead atoms. The van der Waals surface area contributed by atoms with Crippen LogP contribution in [0.25, 0.3) is 0 Å². The van der Waals surface area contributed by atoms with E-state index in [1.807, 2.05) is 30.3 Å². The lowest BCUT2D eigenvalue weighted by Crippen LogP contribution is -2.39. The smallest absolute Gasteiger partial charge is 0.318 e. The molecule has 0 aliphatic carbocycles. The first-order chi connectivity index (χ1) is 14.6. The van der Waals surface area contributed by atoms with Crippen LogP contribution in [0.1, 0.15) is 24.1 Å². The van der Waals surface area contributed by atoms with Gasteiger partial charge in [-0.15, -0.1) is 0 Å². The molecule has 0 amide bonds. The van der Waals surface area contributed by atoms with Gasteiger partial charge in [0.25, 0.3) is 0 Å². The number of benzene rings is 1. The van der Waals surface area contributed by atoms with Crippen LogP contribution in [0, 0.1) is 5.82 Å². The number of nitrogens with zero attached hydrogens (tertiary/aromatic N) is 5. The Morgan fingerprint density at radius 1 is 1.13 bits per heavy atom. The number of nitrogen functional groups attached to an aromatic ring is 1. The molecule has 2 N–H and O–H groups in total. The minimum absolute atomic E-state index is 0.0493. The number of anilines is 2. The third-order valence-electron chi connectivity index (χ3n) is 5.04. The van der Waals surface area contributed by atoms with E-state index in [9.17, 15) is 4.39 Å². The Kier molecular flexibility index (Phi) is 5.87. The van der Waals surface area contributed by atoms with Crippen molar-refractivity contribution in [3.8, 4) is 11.8 Å². The van der Waals surface area contributed by atoms with Crippen molar-refractivity contribution in [3.05, 3.63) is 59.9 Å².